The number of fused-ring (bicyclic) bond motifs is 1. The van der Waals surface area contributed by atoms with Gasteiger partial charge < -0.3 is 5.73 Å². The van der Waals surface area contributed by atoms with E-state index in [1.165, 1.54) is 23.7 Å². The molecule has 1 aromatic carbocycles. The number of thiophene rings is 1. The van der Waals surface area contributed by atoms with Crippen LogP contribution in [0.5, 0.6) is 0 Å². The van der Waals surface area contributed by atoms with Crippen LogP contribution < -0.4 is 10.5 Å². The highest BCUT2D eigenvalue weighted by Crippen LogP contribution is 2.44. The first kappa shape index (κ1) is 21.9. The lowest BCUT2D eigenvalue weighted by Gasteiger charge is -2.23. The van der Waals surface area contributed by atoms with Crippen LogP contribution in [0.3, 0.4) is 0 Å². The summed E-state index contributed by atoms with van der Waals surface area (Å²) in [6.07, 6.45) is 7.09. The average Bonchev–Trinajstić information content (AvgIpc) is 3.08. The molecule has 0 amide bonds. The van der Waals surface area contributed by atoms with Crippen molar-refractivity contribution < 1.29 is 12.6 Å². The predicted octanol–water partition coefficient (Wildman–Crippen LogP) is 4.03. The van der Waals surface area contributed by atoms with E-state index < -0.39 is 20.8 Å². The number of nitrogens with zero attached hydrogens (tertiary/aromatic N) is 3. The Morgan fingerprint density at radius 2 is 1.82 bits per heavy atom. The van der Waals surface area contributed by atoms with Gasteiger partial charge in [-0.3, -0.25) is 8.93 Å². The zero-order valence-electron chi connectivity index (χ0n) is 17.7. The third-order valence-corrected chi connectivity index (χ3v) is 9.36. The first-order valence-corrected chi connectivity index (χ1v) is 14.2. The van der Waals surface area contributed by atoms with Crippen LogP contribution in [-0.4, -0.2) is 39.1 Å². The van der Waals surface area contributed by atoms with Gasteiger partial charge in [-0.15, -0.1) is 11.3 Å². The quantitative estimate of drug-likeness (QED) is 0.410. The third kappa shape index (κ3) is 4.35. The van der Waals surface area contributed by atoms with Crippen molar-refractivity contribution in [2.24, 2.45) is 0 Å². The molecule has 1 aliphatic rings. The third-order valence-electron chi connectivity index (χ3n) is 5.51. The molecule has 3 N–H and O–H groups in total. The SMILES string of the molecule is CS(=O)(=O)Nc1ncc(-c2cc(-c3ccccc3)c3c(N)c([S@](=O)C4CCC4)sc3n2)cn1. The van der Waals surface area contributed by atoms with Gasteiger partial charge in [0.05, 0.1) is 28.4 Å². The number of benzene rings is 1. The summed E-state index contributed by atoms with van der Waals surface area (Å²) in [6, 6.07) is 11.7. The summed E-state index contributed by atoms with van der Waals surface area (Å²) < 4.78 is 38.9. The number of aromatic nitrogens is 3. The second-order valence-electron chi connectivity index (χ2n) is 7.92. The Bertz CT molecular complexity index is 1460. The molecule has 5 rings (SSSR count). The Balaban J connectivity index is 1.65. The lowest BCUT2D eigenvalue weighted by atomic mass is 10.00. The smallest absolute Gasteiger partial charge is 0.236 e. The molecule has 0 spiro atoms. The maximum Gasteiger partial charge on any atom is 0.236 e. The molecule has 3 heterocycles. The molecule has 1 fully saturated rings. The van der Waals surface area contributed by atoms with Gasteiger partial charge in [0.15, 0.2) is 0 Å². The highest BCUT2D eigenvalue weighted by molar-refractivity contribution is 7.92. The molecule has 0 aliphatic heterocycles. The minimum Gasteiger partial charge on any atom is -0.396 e. The number of anilines is 2. The number of pyridine rings is 1. The molecule has 11 heteroatoms. The molecule has 4 aromatic rings. The fraction of sp³-hybridized carbons (Fsp3) is 0.227. The fourth-order valence-corrected chi connectivity index (χ4v) is 7.31. The summed E-state index contributed by atoms with van der Waals surface area (Å²) in [4.78, 5) is 13.7. The Morgan fingerprint density at radius 3 is 2.42 bits per heavy atom. The van der Waals surface area contributed by atoms with Gasteiger partial charge in [-0.25, -0.2) is 23.4 Å². The molecule has 170 valence electrons. The number of nitrogens with one attached hydrogen (secondary N) is 1. The Kier molecular flexibility index (Phi) is 5.63. The summed E-state index contributed by atoms with van der Waals surface area (Å²) in [6.45, 7) is 0. The summed E-state index contributed by atoms with van der Waals surface area (Å²) >= 11 is 1.37. The molecule has 1 aliphatic carbocycles. The van der Waals surface area contributed by atoms with Gasteiger partial charge in [-0.05, 0) is 30.0 Å². The van der Waals surface area contributed by atoms with E-state index in [4.69, 9.17) is 10.7 Å². The van der Waals surface area contributed by atoms with Crippen molar-refractivity contribution in [3.05, 3.63) is 48.8 Å². The van der Waals surface area contributed by atoms with Gasteiger partial charge in [-0.1, -0.05) is 36.8 Å². The van der Waals surface area contributed by atoms with E-state index in [0.717, 1.165) is 42.0 Å². The van der Waals surface area contributed by atoms with Gasteiger partial charge in [0, 0.05) is 28.6 Å². The highest BCUT2D eigenvalue weighted by atomic mass is 32.2. The molecule has 0 unspecified atom stereocenters. The topological polar surface area (TPSA) is 128 Å². The zero-order valence-corrected chi connectivity index (χ0v) is 20.1. The van der Waals surface area contributed by atoms with E-state index in [-0.39, 0.29) is 11.2 Å². The van der Waals surface area contributed by atoms with Crippen LogP contribution in [0.2, 0.25) is 0 Å². The van der Waals surface area contributed by atoms with Crippen molar-refractivity contribution in [1.82, 2.24) is 15.0 Å². The molecular formula is C22H21N5O3S3. The number of nitrogen functional groups attached to an aromatic ring is 1. The summed E-state index contributed by atoms with van der Waals surface area (Å²) in [5, 5.41) is 0.956. The van der Waals surface area contributed by atoms with Crippen LogP contribution in [0.25, 0.3) is 32.6 Å². The summed E-state index contributed by atoms with van der Waals surface area (Å²) in [5.41, 5.74) is 10.2. The van der Waals surface area contributed by atoms with E-state index in [2.05, 4.69) is 14.7 Å². The van der Waals surface area contributed by atoms with Gasteiger partial charge in [0.2, 0.25) is 16.0 Å². The van der Waals surface area contributed by atoms with E-state index in [9.17, 15) is 12.6 Å². The Morgan fingerprint density at radius 1 is 1.12 bits per heavy atom. The molecule has 0 radical (unpaired) electrons. The Hall–Kier alpha value is -2.89. The number of hydrogen-bond acceptors (Lipinski definition) is 8. The first-order valence-electron chi connectivity index (χ1n) is 10.3. The van der Waals surface area contributed by atoms with Gasteiger partial charge in [0.1, 0.15) is 9.04 Å². The van der Waals surface area contributed by atoms with Crippen LogP contribution in [0.1, 0.15) is 19.3 Å². The van der Waals surface area contributed by atoms with Crippen LogP contribution in [0, 0.1) is 0 Å². The van der Waals surface area contributed by atoms with Crippen molar-refractivity contribution >= 4 is 54.0 Å². The normalized spacial score (nSPS) is 15.3. The minimum absolute atomic E-state index is 0.0100. The lowest BCUT2D eigenvalue weighted by Crippen LogP contribution is -2.23. The van der Waals surface area contributed by atoms with Crippen LogP contribution >= 0.6 is 11.3 Å². The highest BCUT2D eigenvalue weighted by Gasteiger charge is 2.29. The zero-order chi connectivity index (χ0) is 23.2. The van der Waals surface area contributed by atoms with Crippen molar-refractivity contribution in [3.8, 4) is 22.4 Å². The fourth-order valence-electron chi connectivity index (χ4n) is 3.66. The standard InChI is InChI=1S/C22H21N5O3S3/c1-33(29,30)27-22-24-11-14(12-25-22)17-10-16(13-6-3-2-4-7-13)18-19(23)21(31-20(18)26-17)32(28)15-8-5-9-15/h2-4,6-7,10-12,15H,5,8-9,23H2,1H3,(H,24,25,27)/t32-/m1/s1. The molecule has 0 bridgehead atoms. The van der Waals surface area contributed by atoms with E-state index >= 15 is 0 Å². The Labute approximate surface area is 197 Å². The van der Waals surface area contributed by atoms with Crippen molar-refractivity contribution in [1.29, 1.82) is 0 Å². The van der Waals surface area contributed by atoms with Crippen molar-refractivity contribution in [2.45, 2.75) is 28.7 Å². The van der Waals surface area contributed by atoms with Gasteiger partial charge in [0.25, 0.3) is 0 Å². The molecular weight excluding hydrogens is 478 g/mol. The van der Waals surface area contributed by atoms with E-state index in [1.807, 2.05) is 36.4 Å². The maximum atomic E-state index is 13.1. The van der Waals surface area contributed by atoms with Crippen molar-refractivity contribution in [2.75, 3.05) is 16.7 Å². The van der Waals surface area contributed by atoms with Gasteiger partial charge in [-0.2, -0.15) is 0 Å². The lowest BCUT2D eigenvalue weighted by molar-refractivity contribution is 0.505. The minimum atomic E-state index is -3.47. The molecule has 8 nitrogen and oxygen atoms in total. The number of sulfonamides is 1. The number of hydrogen-bond donors (Lipinski definition) is 2. The second kappa shape index (κ2) is 8.47. The first-order chi connectivity index (χ1) is 15.8. The molecule has 3 aromatic heterocycles. The van der Waals surface area contributed by atoms with Crippen LogP contribution in [0.15, 0.2) is 53.0 Å². The van der Waals surface area contributed by atoms with E-state index in [1.54, 1.807) is 0 Å². The summed E-state index contributed by atoms with van der Waals surface area (Å²) in [7, 11) is -4.62. The molecule has 1 atom stereocenters. The van der Waals surface area contributed by atoms with Crippen LogP contribution in [-0.2, 0) is 20.8 Å². The van der Waals surface area contributed by atoms with Crippen LogP contribution in [0.4, 0.5) is 11.6 Å². The van der Waals surface area contributed by atoms with E-state index in [0.29, 0.717) is 26.0 Å². The molecule has 1 saturated carbocycles. The monoisotopic (exact) mass is 499 g/mol. The largest absolute Gasteiger partial charge is 0.396 e. The molecule has 0 saturated heterocycles. The number of rotatable bonds is 6. The maximum absolute atomic E-state index is 13.1. The van der Waals surface area contributed by atoms with Crippen molar-refractivity contribution in [3.63, 3.8) is 0 Å². The number of nitrogens with two attached hydrogens (primary N) is 1. The predicted molar refractivity (Wildman–Crippen MR) is 133 cm³/mol. The average molecular weight is 500 g/mol. The molecule has 33 heavy (non-hydrogen) atoms. The van der Waals surface area contributed by atoms with Gasteiger partial charge >= 0.3 is 0 Å². The summed E-state index contributed by atoms with van der Waals surface area (Å²) in [5.74, 6) is -0.0100. The second-order valence-corrected chi connectivity index (χ2v) is 12.6.